The summed E-state index contributed by atoms with van der Waals surface area (Å²) in [6.45, 7) is 2.17. The van der Waals surface area contributed by atoms with Crippen LogP contribution in [0.15, 0.2) is 40.2 Å². The Labute approximate surface area is 208 Å². The van der Waals surface area contributed by atoms with Gasteiger partial charge in [0.15, 0.2) is 16.1 Å². The third-order valence-electron chi connectivity index (χ3n) is 4.53. The number of hydrogen-bond donors (Lipinski definition) is 1. The van der Waals surface area contributed by atoms with E-state index in [-0.39, 0.29) is 11.7 Å². The summed E-state index contributed by atoms with van der Waals surface area (Å²) in [4.78, 5) is 18.2. The molecule has 0 saturated carbocycles. The van der Waals surface area contributed by atoms with Crippen molar-refractivity contribution in [1.82, 2.24) is 19.7 Å². The van der Waals surface area contributed by atoms with Crippen molar-refractivity contribution in [2.45, 2.75) is 24.9 Å². The molecule has 6 nitrogen and oxygen atoms in total. The molecule has 0 aliphatic carbocycles. The van der Waals surface area contributed by atoms with Gasteiger partial charge in [0.1, 0.15) is 0 Å². The fourth-order valence-electron chi connectivity index (χ4n) is 3.00. The number of halogens is 2. The van der Waals surface area contributed by atoms with Crippen molar-refractivity contribution in [2.75, 3.05) is 11.1 Å². The van der Waals surface area contributed by atoms with E-state index in [9.17, 15) is 4.79 Å². The Morgan fingerprint density at radius 2 is 2.03 bits per heavy atom. The third-order valence-corrected chi connectivity index (χ3v) is 7.86. The number of anilines is 1. The van der Waals surface area contributed by atoms with Crippen LogP contribution < -0.4 is 5.32 Å². The summed E-state index contributed by atoms with van der Waals surface area (Å²) in [5, 5.41) is 17.6. The molecular formula is C21H19Cl2N5OS3. The van der Waals surface area contributed by atoms with Crippen molar-refractivity contribution in [1.29, 1.82) is 0 Å². The van der Waals surface area contributed by atoms with Gasteiger partial charge >= 0.3 is 0 Å². The van der Waals surface area contributed by atoms with E-state index in [1.807, 2.05) is 23.1 Å². The van der Waals surface area contributed by atoms with Gasteiger partial charge in [-0.2, -0.15) is 0 Å². The van der Waals surface area contributed by atoms with Crippen LogP contribution in [0.4, 0.5) is 5.13 Å². The Kier molecular flexibility index (Phi) is 7.52. The second-order valence-electron chi connectivity index (χ2n) is 6.92. The van der Waals surface area contributed by atoms with E-state index in [2.05, 4.69) is 38.9 Å². The number of aryl methyl sites for hydroxylation is 1. The van der Waals surface area contributed by atoms with Gasteiger partial charge in [0, 0.05) is 38.8 Å². The first-order valence-electron chi connectivity index (χ1n) is 9.75. The molecule has 0 aliphatic heterocycles. The van der Waals surface area contributed by atoms with Crippen molar-refractivity contribution < 1.29 is 4.79 Å². The molecule has 1 N–H and O–H groups in total. The van der Waals surface area contributed by atoms with Crippen LogP contribution in [-0.4, -0.2) is 31.4 Å². The van der Waals surface area contributed by atoms with E-state index >= 15 is 0 Å². The molecule has 32 heavy (non-hydrogen) atoms. The van der Waals surface area contributed by atoms with E-state index in [0.29, 0.717) is 26.0 Å². The van der Waals surface area contributed by atoms with E-state index in [0.717, 1.165) is 29.8 Å². The molecule has 0 saturated heterocycles. The quantitative estimate of drug-likeness (QED) is 0.261. The molecule has 0 unspecified atom stereocenters. The van der Waals surface area contributed by atoms with E-state index in [1.165, 1.54) is 28.0 Å². The molecule has 11 heteroatoms. The number of aromatic nitrogens is 4. The topological polar surface area (TPSA) is 72.7 Å². The highest BCUT2D eigenvalue weighted by Crippen LogP contribution is 2.32. The van der Waals surface area contributed by atoms with Crippen LogP contribution in [0.5, 0.6) is 0 Å². The lowest BCUT2D eigenvalue weighted by molar-refractivity contribution is -0.113. The monoisotopic (exact) mass is 523 g/mol. The molecule has 0 aliphatic rings. The minimum atomic E-state index is -0.164. The highest BCUT2D eigenvalue weighted by molar-refractivity contribution is 7.99. The number of amides is 1. The number of thioether (sulfide) groups is 1. The highest BCUT2D eigenvalue weighted by atomic mass is 35.5. The summed E-state index contributed by atoms with van der Waals surface area (Å²) < 4.78 is 1.92. The van der Waals surface area contributed by atoms with Gasteiger partial charge in [-0.3, -0.25) is 4.79 Å². The lowest BCUT2D eigenvalue weighted by Crippen LogP contribution is -2.14. The zero-order valence-corrected chi connectivity index (χ0v) is 21.2. The van der Waals surface area contributed by atoms with Crippen molar-refractivity contribution in [3.05, 3.63) is 49.9 Å². The van der Waals surface area contributed by atoms with Crippen LogP contribution in [0.3, 0.4) is 0 Å². The van der Waals surface area contributed by atoms with E-state index in [4.69, 9.17) is 23.2 Å². The van der Waals surface area contributed by atoms with Crippen LogP contribution in [0.2, 0.25) is 10.0 Å². The Bertz CT molecular complexity index is 1250. The zero-order chi connectivity index (χ0) is 22.7. The summed E-state index contributed by atoms with van der Waals surface area (Å²) in [5.74, 6) is 0.840. The number of thiophene rings is 1. The molecule has 3 heterocycles. The average Bonchev–Trinajstić information content (AvgIpc) is 3.48. The molecular weight excluding hydrogens is 505 g/mol. The summed E-state index contributed by atoms with van der Waals surface area (Å²) in [7, 11) is 1.91. The van der Waals surface area contributed by atoms with E-state index in [1.54, 1.807) is 23.5 Å². The van der Waals surface area contributed by atoms with Gasteiger partial charge in [-0.05, 0) is 30.7 Å². The van der Waals surface area contributed by atoms with Crippen molar-refractivity contribution in [3.8, 4) is 22.6 Å². The Morgan fingerprint density at radius 1 is 1.19 bits per heavy atom. The van der Waals surface area contributed by atoms with Gasteiger partial charge in [0.2, 0.25) is 5.91 Å². The fourth-order valence-corrected chi connectivity index (χ4v) is 5.92. The molecule has 0 radical (unpaired) electrons. The van der Waals surface area contributed by atoms with Crippen LogP contribution in [0.25, 0.3) is 22.6 Å². The zero-order valence-electron chi connectivity index (χ0n) is 17.3. The molecule has 1 amide bonds. The first kappa shape index (κ1) is 23.3. The first-order valence-corrected chi connectivity index (χ1v) is 13.3. The van der Waals surface area contributed by atoms with Crippen molar-refractivity contribution >= 4 is 68.7 Å². The second-order valence-corrected chi connectivity index (χ2v) is 10.6. The lowest BCUT2D eigenvalue weighted by Gasteiger charge is -2.03. The number of carbonyl (C=O) groups excluding carboxylic acids is 1. The standard InChI is InChI=1S/C21H19Cl2N5OS3/c1-3-4-14-7-12(9-30-14)19-26-27-21(28(19)2)32-11-18(29)25-20-24-17(10-31-20)15-6-5-13(22)8-16(15)23/h5-10H,3-4,11H2,1-2H3,(H,24,25,29). The van der Waals surface area contributed by atoms with Gasteiger partial charge in [0.05, 0.1) is 16.5 Å². The van der Waals surface area contributed by atoms with E-state index < -0.39 is 0 Å². The number of thiazole rings is 1. The molecule has 4 aromatic rings. The van der Waals surface area contributed by atoms with Crippen LogP contribution >= 0.6 is 57.6 Å². The van der Waals surface area contributed by atoms with Crippen LogP contribution in [0, 0.1) is 0 Å². The number of carbonyl (C=O) groups is 1. The van der Waals surface area contributed by atoms with Crippen molar-refractivity contribution in [2.24, 2.45) is 7.05 Å². The summed E-state index contributed by atoms with van der Waals surface area (Å²) in [5.41, 5.74) is 2.51. The number of rotatable bonds is 8. The van der Waals surface area contributed by atoms with Gasteiger partial charge in [0.25, 0.3) is 0 Å². The molecule has 0 fully saturated rings. The fraction of sp³-hybridized carbons (Fsp3) is 0.238. The number of benzene rings is 1. The summed E-state index contributed by atoms with van der Waals surface area (Å²) in [6, 6.07) is 7.40. The molecule has 0 bridgehead atoms. The third kappa shape index (κ3) is 5.35. The van der Waals surface area contributed by atoms with Gasteiger partial charge < -0.3 is 9.88 Å². The Balaban J connectivity index is 1.36. The largest absolute Gasteiger partial charge is 0.305 e. The minimum Gasteiger partial charge on any atom is -0.305 e. The van der Waals surface area contributed by atoms with Crippen LogP contribution in [0.1, 0.15) is 18.2 Å². The smallest absolute Gasteiger partial charge is 0.236 e. The maximum absolute atomic E-state index is 12.4. The van der Waals surface area contributed by atoms with Gasteiger partial charge in [-0.15, -0.1) is 32.9 Å². The average molecular weight is 525 g/mol. The van der Waals surface area contributed by atoms with Crippen LogP contribution in [-0.2, 0) is 18.3 Å². The predicted molar refractivity (Wildman–Crippen MR) is 135 cm³/mol. The number of hydrogen-bond acceptors (Lipinski definition) is 7. The van der Waals surface area contributed by atoms with Crippen molar-refractivity contribution in [3.63, 3.8) is 0 Å². The summed E-state index contributed by atoms with van der Waals surface area (Å²) in [6.07, 6.45) is 2.18. The Morgan fingerprint density at radius 3 is 2.81 bits per heavy atom. The highest BCUT2D eigenvalue weighted by Gasteiger charge is 2.15. The summed E-state index contributed by atoms with van der Waals surface area (Å²) >= 11 is 16.6. The lowest BCUT2D eigenvalue weighted by atomic mass is 10.2. The van der Waals surface area contributed by atoms with Gasteiger partial charge in [-0.25, -0.2) is 4.98 Å². The predicted octanol–water partition coefficient (Wildman–Crippen LogP) is 6.66. The molecule has 3 aromatic heterocycles. The molecule has 4 rings (SSSR count). The number of nitrogens with zero attached hydrogens (tertiary/aromatic N) is 4. The maximum atomic E-state index is 12.4. The first-order chi connectivity index (χ1) is 15.4. The molecule has 0 atom stereocenters. The number of nitrogens with one attached hydrogen (secondary N) is 1. The minimum absolute atomic E-state index is 0.164. The Hall–Kier alpha value is -1.91. The maximum Gasteiger partial charge on any atom is 0.236 e. The normalized spacial score (nSPS) is 11.1. The van der Waals surface area contributed by atoms with Gasteiger partial charge in [-0.1, -0.05) is 48.3 Å². The molecule has 1 aromatic carbocycles. The molecule has 166 valence electrons. The second kappa shape index (κ2) is 10.4. The molecule has 0 spiro atoms. The SMILES string of the molecule is CCCc1cc(-c2nnc(SCC(=O)Nc3nc(-c4ccc(Cl)cc4Cl)cs3)n2C)cs1.